The smallest absolute Gasteiger partial charge is 0.359 e. The third-order valence-corrected chi connectivity index (χ3v) is 3.99. The van der Waals surface area contributed by atoms with Gasteiger partial charge in [0.05, 0.1) is 19.1 Å². The maximum absolute atomic E-state index is 12.6. The number of methoxy groups -OCH3 is 1. The highest BCUT2D eigenvalue weighted by Crippen LogP contribution is 2.45. The average molecular weight is 302 g/mol. The Kier molecular flexibility index (Phi) is 4.19. The van der Waals surface area contributed by atoms with Gasteiger partial charge in [0.1, 0.15) is 5.76 Å². The van der Waals surface area contributed by atoms with E-state index in [1.54, 1.807) is 24.3 Å². The van der Waals surface area contributed by atoms with Crippen LogP contribution in [0.4, 0.5) is 0 Å². The lowest BCUT2D eigenvalue weighted by molar-refractivity contribution is -0.176. The van der Waals surface area contributed by atoms with Gasteiger partial charge in [0.2, 0.25) is 5.78 Å². The molecule has 1 N–H and O–H groups in total. The van der Waals surface area contributed by atoms with Crippen LogP contribution in [0.25, 0.3) is 5.76 Å². The Labute approximate surface area is 128 Å². The SMILES string of the molecule is C=C[C@@](C)(CO)[C@]1(C(=O)OC)OC(c2ccccc2)=CC1=O. The van der Waals surface area contributed by atoms with E-state index >= 15 is 0 Å². The number of rotatable bonds is 5. The topological polar surface area (TPSA) is 72.8 Å². The number of hydrogen-bond acceptors (Lipinski definition) is 5. The third-order valence-electron chi connectivity index (χ3n) is 3.99. The van der Waals surface area contributed by atoms with Crippen LogP contribution in [0.3, 0.4) is 0 Å². The summed E-state index contributed by atoms with van der Waals surface area (Å²) in [6.45, 7) is 4.65. The Morgan fingerprint density at radius 3 is 2.59 bits per heavy atom. The van der Waals surface area contributed by atoms with Gasteiger partial charge < -0.3 is 14.6 Å². The second kappa shape index (κ2) is 5.77. The first-order chi connectivity index (χ1) is 10.4. The minimum absolute atomic E-state index is 0.262. The molecule has 0 aliphatic carbocycles. The fraction of sp³-hybridized carbons (Fsp3) is 0.294. The summed E-state index contributed by atoms with van der Waals surface area (Å²) in [4.78, 5) is 24.9. The van der Waals surface area contributed by atoms with E-state index in [2.05, 4.69) is 6.58 Å². The Morgan fingerprint density at radius 1 is 1.45 bits per heavy atom. The van der Waals surface area contributed by atoms with E-state index in [9.17, 15) is 14.7 Å². The molecule has 5 nitrogen and oxygen atoms in total. The first-order valence-electron chi connectivity index (χ1n) is 6.78. The molecule has 1 aromatic carbocycles. The van der Waals surface area contributed by atoms with Crippen molar-refractivity contribution >= 4 is 17.5 Å². The number of aliphatic hydroxyl groups excluding tert-OH is 1. The van der Waals surface area contributed by atoms with Crippen molar-refractivity contribution in [3.63, 3.8) is 0 Å². The summed E-state index contributed by atoms with van der Waals surface area (Å²) in [6.07, 6.45) is 2.59. The zero-order chi connectivity index (χ0) is 16.4. The maximum atomic E-state index is 12.6. The fourth-order valence-corrected chi connectivity index (χ4v) is 2.45. The molecule has 116 valence electrons. The van der Waals surface area contributed by atoms with Gasteiger partial charge in [0, 0.05) is 11.6 Å². The number of hydrogen-bond donors (Lipinski definition) is 1. The predicted molar refractivity (Wildman–Crippen MR) is 80.6 cm³/mol. The fourth-order valence-electron chi connectivity index (χ4n) is 2.45. The predicted octanol–water partition coefficient (Wildman–Crippen LogP) is 1.72. The van der Waals surface area contributed by atoms with Crippen molar-refractivity contribution in [1.29, 1.82) is 0 Å². The van der Waals surface area contributed by atoms with Gasteiger partial charge in [0.15, 0.2) is 0 Å². The maximum Gasteiger partial charge on any atom is 0.359 e. The summed E-state index contributed by atoms with van der Waals surface area (Å²) < 4.78 is 10.5. The van der Waals surface area contributed by atoms with E-state index in [4.69, 9.17) is 9.47 Å². The molecule has 2 rings (SSSR count). The number of benzene rings is 1. The molecule has 0 amide bonds. The summed E-state index contributed by atoms with van der Waals surface area (Å²) in [5.74, 6) is -1.18. The Hall–Kier alpha value is -2.40. The standard InChI is InChI=1S/C17H18O5/c1-4-16(2,11-18)17(15(20)21-3)14(19)10-13(22-17)12-8-6-5-7-9-12/h4-10,18H,1,11H2,2-3H3/t16-,17-/m0/s1. The molecule has 0 saturated heterocycles. The Bertz CT molecular complexity index is 634. The Balaban J connectivity index is 2.53. The van der Waals surface area contributed by atoms with Crippen molar-refractivity contribution in [3.8, 4) is 0 Å². The van der Waals surface area contributed by atoms with Gasteiger partial charge in [-0.25, -0.2) is 4.79 Å². The molecule has 0 saturated carbocycles. The third kappa shape index (κ3) is 2.14. The molecule has 0 bridgehead atoms. The van der Waals surface area contributed by atoms with Gasteiger partial charge in [0.25, 0.3) is 5.60 Å². The summed E-state index contributed by atoms with van der Waals surface area (Å²) in [5, 5.41) is 9.70. The Morgan fingerprint density at radius 2 is 2.09 bits per heavy atom. The molecular formula is C17H18O5. The molecule has 2 atom stereocenters. The highest BCUT2D eigenvalue weighted by atomic mass is 16.6. The lowest BCUT2D eigenvalue weighted by atomic mass is 9.71. The molecule has 0 unspecified atom stereocenters. The van der Waals surface area contributed by atoms with Crippen molar-refractivity contribution in [2.75, 3.05) is 13.7 Å². The quantitative estimate of drug-likeness (QED) is 0.509. The highest BCUT2D eigenvalue weighted by molar-refractivity contribution is 6.18. The molecule has 5 heteroatoms. The molecule has 1 aliphatic heterocycles. The van der Waals surface area contributed by atoms with Gasteiger partial charge in [-0.3, -0.25) is 4.79 Å². The van der Waals surface area contributed by atoms with Gasteiger partial charge in [-0.2, -0.15) is 0 Å². The zero-order valence-corrected chi connectivity index (χ0v) is 12.5. The van der Waals surface area contributed by atoms with Crippen LogP contribution < -0.4 is 0 Å². The zero-order valence-electron chi connectivity index (χ0n) is 12.5. The van der Waals surface area contributed by atoms with Crippen molar-refractivity contribution in [3.05, 3.63) is 54.6 Å². The van der Waals surface area contributed by atoms with E-state index in [0.29, 0.717) is 5.56 Å². The van der Waals surface area contributed by atoms with Gasteiger partial charge in [-0.05, 0) is 6.92 Å². The first kappa shape index (κ1) is 16.0. The summed E-state index contributed by atoms with van der Waals surface area (Å²) in [6, 6.07) is 8.94. The lowest BCUT2D eigenvalue weighted by Crippen LogP contribution is -2.59. The van der Waals surface area contributed by atoms with Crippen molar-refractivity contribution in [2.45, 2.75) is 12.5 Å². The molecule has 1 aromatic rings. The van der Waals surface area contributed by atoms with Gasteiger partial charge in [-0.1, -0.05) is 36.4 Å². The summed E-state index contributed by atoms with van der Waals surface area (Å²) in [5.41, 5.74) is -2.63. The van der Waals surface area contributed by atoms with Crippen LogP contribution in [0.1, 0.15) is 12.5 Å². The molecule has 0 fully saturated rings. The van der Waals surface area contributed by atoms with Crippen LogP contribution >= 0.6 is 0 Å². The molecular weight excluding hydrogens is 284 g/mol. The number of carbonyl (C=O) groups excluding carboxylic acids is 2. The first-order valence-corrected chi connectivity index (χ1v) is 6.78. The van der Waals surface area contributed by atoms with Crippen LogP contribution in [-0.2, 0) is 19.1 Å². The second-order valence-corrected chi connectivity index (χ2v) is 5.29. The van der Waals surface area contributed by atoms with E-state index in [1.807, 2.05) is 6.07 Å². The van der Waals surface area contributed by atoms with Gasteiger partial charge >= 0.3 is 5.97 Å². The molecule has 0 aromatic heterocycles. The monoisotopic (exact) mass is 302 g/mol. The summed E-state index contributed by atoms with van der Waals surface area (Å²) >= 11 is 0. The van der Waals surface area contributed by atoms with Crippen molar-refractivity contribution < 1.29 is 24.2 Å². The average Bonchev–Trinajstić information content (AvgIpc) is 2.93. The lowest BCUT2D eigenvalue weighted by Gasteiger charge is -2.38. The molecule has 1 aliphatic rings. The van der Waals surface area contributed by atoms with Crippen molar-refractivity contribution in [1.82, 2.24) is 0 Å². The van der Waals surface area contributed by atoms with Crippen LogP contribution in [0.5, 0.6) is 0 Å². The highest BCUT2D eigenvalue weighted by Gasteiger charge is 2.63. The largest absolute Gasteiger partial charge is 0.466 e. The molecule has 0 radical (unpaired) electrons. The van der Waals surface area contributed by atoms with E-state index < -0.39 is 29.4 Å². The number of ether oxygens (including phenoxy) is 2. The van der Waals surface area contributed by atoms with E-state index in [0.717, 1.165) is 0 Å². The normalized spacial score (nSPS) is 23.2. The van der Waals surface area contributed by atoms with Gasteiger partial charge in [-0.15, -0.1) is 6.58 Å². The van der Waals surface area contributed by atoms with Crippen LogP contribution in [-0.4, -0.2) is 36.2 Å². The summed E-state index contributed by atoms with van der Waals surface area (Å²) in [7, 11) is 1.17. The minimum Gasteiger partial charge on any atom is -0.466 e. The molecule has 0 spiro atoms. The van der Waals surface area contributed by atoms with Crippen LogP contribution in [0.15, 0.2) is 49.1 Å². The number of aliphatic hydroxyl groups is 1. The number of ketones is 1. The number of esters is 1. The second-order valence-electron chi connectivity index (χ2n) is 5.29. The minimum atomic E-state index is -1.97. The number of carbonyl (C=O) groups is 2. The van der Waals surface area contributed by atoms with E-state index in [-0.39, 0.29) is 5.76 Å². The van der Waals surface area contributed by atoms with Crippen molar-refractivity contribution in [2.24, 2.45) is 5.41 Å². The molecule has 22 heavy (non-hydrogen) atoms. The van der Waals surface area contributed by atoms with E-state index in [1.165, 1.54) is 26.2 Å². The van der Waals surface area contributed by atoms with Crippen LogP contribution in [0.2, 0.25) is 0 Å². The van der Waals surface area contributed by atoms with Crippen LogP contribution in [0, 0.1) is 5.41 Å². The molecule has 1 heterocycles.